The standard InChI is InChI=1S/C22H28N2O3/c1-2-13-24(16-18-8-4-3-5-9-18)22(25)23-19-10-6-11-20(15-19)27-17-21-12-7-14-26-21/h3-6,8-11,15,21H,2,7,12-14,16-17H2,1H3,(H,23,25). The van der Waals surface area contributed by atoms with Crippen molar-refractivity contribution in [2.24, 2.45) is 0 Å². The third-order valence-electron chi connectivity index (χ3n) is 4.54. The highest BCUT2D eigenvalue weighted by Gasteiger charge is 2.17. The molecule has 1 saturated heterocycles. The van der Waals surface area contributed by atoms with Crippen molar-refractivity contribution in [3.63, 3.8) is 0 Å². The van der Waals surface area contributed by atoms with Crippen LogP contribution in [0.15, 0.2) is 54.6 Å². The van der Waals surface area contributed by atoms with Gasteiger partial charge in [0.2, 0.25) is 0 Å². The molecule has 0 spiro atoms. The summed E-state index contributed by atoms with van der Waals surface area (Å²) in [5, 5.41) is 2.99. The fourth-order valence-electron chi connectivity index (χ4n) is 3.16. The summed E-state index contributed by atoms with van der Waals surface area (Å²) in [7, 11) is 0. The minimum Gasteiger partial charge on any atom is -0.491 e. The van der Waals surface area contributed by atoms with Crippen LogP contribution in [0.1, 0.15) is 31.7 Å². The van der Waals surface area contributed by atoms with Crippen LogP contribution < -0.4 is 10.1 Å². The SMILES string of the molecule is CCCN(Cc1ccccc1)C(=O)Nc1cccc(OCC2CCCO2)c1. The van der Waals surface area contributed by atoms with Gasteiger partial charge in [-0.2, -0.15) is 0 Å². The molecule has 1 fully saturated rings. The summed E-state index contributed by atoms with van der Waals surface area (Å²) >= 11 is 0. The molecule has 1 aliphatic rings. The van der Waals surface area contributed by atoms with Gasteiger partial charge >= 0.3 is 6.03 Å². The molecule has 0 aromatic heterocycles. The number of carbonyl (C=O) groups is 1. The molecule has 0 bridgehead atoms. The lowest BCUT2D eigenvalue weighted by atomic mass is 10.2. The second kappa shape index (κ2) is 9.97. The Balaban J connectivity index is 1.58. The van der Waals surface area contributed by atoms with Gasteiger partial charge in [-0.3, -0.25) is 0 Å². The van der Waals surface area contributed by atoms with E-state index in [0.717, 1.165) is 42.9 Å². The minimum atomic E-state index is -0.100. The fourth-order valence-corrected chi connectivity index (χ4v) is 3.16. The van der Waals surface area contributed by atoms with Gasteiger partial charge < -0.3 is 19.7 Å². The molecule has 0 radical (unpaired) electrons. The quantitative estimate of drug-likeness (QED) is 0.735. The number of amides is 2. The van der Waals surface area contributed by atoms with E-state index in [1.807, 2.05) is 59.5 Å². The van der Waals surface area contributed by atoms with Crippen molar-refractivity contribution in [2.45, 2.75) is 38.8 Å². The topological polar surface area (TPSA) is 50.8 Å². The summed E-state index contributed by atoms with van der Waals surface area (Å²) in [4.78, 5) is 14.6. The maximum absolute atomic E-state index is 12.7. The molecule has 1 N–H and O–H groups in total. The average Bonchev–Trinajstić information content (AvgIpc) is 3.21. The Morgan fingerprint density at radius 3 is 2.81 bits per heavy atom. The first kappa shape index (κ1) is 19.2. The molecular weight excluding hydrogens is 340 g/mol. The van der Waals surface area contributed by atoms with Crippen LogP contribution >= 0.6 is 0 Å². The van der Waals surface area contributed by atoms with Crippen LogP contribution in [-0.2, 0) is 11.3 Å². The lowest BCUT2D eigenvalue weighted by molar-refractivity contribution is 0.0680. The van der Waals surface area contributed by atoms with Gasteiger partial charge in [0.1, 0.15) is 12.4 Å². The number of urea groups is 1. The van der Waals surface area contributed by atoms with Crippen LogP contribution in [-0.4, -0.2) is 36.8 Å². The zero-order chi connectivity index (χ0) is 18.9. The third kappa shape index (κ3) is 6.00. The van der Waals surface area contributed by atoms with Crippen molar-refractivity contribution < 1.29 is 14.3 Å². The van der Waals surface area contributed by atoms with Crippen LogP contribution in [0.25, 0.3) is 0 Å². The molecule has 5 heteroatoms. The number of ether oxygens (including phenoxy) is 2. The van der Waals surface area contributed by atoms with E-state index in [2.05, 4.69) is 12.2 Å². The van der Waals surface area contributed by atoms with Gasteiger partial charge in [-0.1, -0.05) is 43.3 Å². The van der Waals surface area contributed by atoms with Crippen LogP contribution in [0, 0.1) is 0 Å². The number of carbonyl (C=O) groups excluding carboxylic acids is 1. The lowest BCUT2D eigenvalue weighted by Crippen LogP contribution is -2.35. The van der Waals surface area contributed by atoms with Crippen molar-refractivity contribution >= 4 is 11.7 Å². The summed E-state index contributed by atoms with van der Waals surface area (Å²) in [6.07, 6.45) is 3.22. The zero-order valence-electron chi connectivity index (χ0n) is 15.9. The number of hydrogen-bond donors (Lipinski definition) is 1. The Morgan fingerprint density at radius 1 is 1.22 bits per heavy atom. The summed E-state index contributed by atoms with van der Waals surface area (Å²) in [5.74, 6) is 0.744. The van der Waals surface area contributed by atoms with E-state index >= 15 is 0 Å². The molecule has 5 nitrogen and oxygen atoms in total. The van der Waals surface area contributed by atoms with Crippen molar-refractivity contribution in [1.29, 1.82) is 0 Å². The zero-order valence-corrected chi connectivity index (χ0v) is 15.9. The predicted octanol–water partition coefficient (Wildman–Crippen LogP) is 4.69. The van der Waals surface area contributed by atoms with Crippen molar-refractivity contribution in [2.75, 3.05) is 25.1 Å². The summed E-state index contributed by atoms with van der Waals surface area (Å²) in [6.45, 7) is 4.74. The molecule has 0 aliphatic carbocycles. The first-order valence-corrected chi connectivity index (χ1v) is 9.69. The second-order valence-corrected chi connectivity index (χ2v) is 6.81. The van der Waals surface area contributed by atoms with Crippen molar-refractivity contribution in [1.82, 2.24) is 4.90 Å². The fraction of sp³-hybridized carbons (Fsp3) is 0.409. The van der Waals surface area contributed by atoms with Crippen molar-refractivity contribution in [3.05, 3.63) is 60.2 Å². The number of anilines is 1. The largest absolute Gasteiger partial charge is 0.491 e. The number of rotatable bonds is 8. The smallest absolute Gasteiger partial charge is 0.322 e. The summed E-state index contributed by atoms with van der Waals surface area (Å²) in [5.41, 5.74) is 1.86. The van der Waals surface area contributed by atoms with E-state index in [4.69, 9.17) is 9.47 Å². The monoisotopic (exact) mass is 368 g/mol. The van der Waals surface area contributed by atoms with E-state index in [1.165, 1.54) is 0 Å². The highest BCUT2D eigenvalue weighted by Crippen LogP contribution is 2.20. The van der Waals surface area contributed by atoms with Crippen LogP contribution in [0.3, 0.4) is 0 Å². The molecule has 2 amide bonds. The molecule has 3 rings (SSSR count). The van der Waals surface area contributed by atoms with Gasteiger partial charge in [-0.25, -0.2) is 4.79 Å². The third-order valence-corrected chi connectivity index (χ3v) is 4.54. The van der Waals surface area contributed by atoms with Gasteiger partial charge in [0.25, 0.3) is 0 Å². The first-order chi connectivity index (χ1) is 13.2. The molecule has 1 unspecified atom stereocenters. The normalized spacial score (nSPS) is 16.1. The average molecular weight is 368 g/mol. The van der Waals surface area contributed by atoms with Gasteiger partial charge in [0.05, 0.1) is 6.10 Å². The highest BCUT2D eigenvalue weighted by atomic mass is 16.5. The van der Waals surface area contributed by atoms with Gasteiger partial charge in [-0.15, -0.1) is 0 Å². The molecule has 27 heavy (non-hydrogen) atoms. The summed E-state index contributed by atoms with van der Waals surface area (Å²) in [6, 6.07) is 17.5. The molecule has 0 saturated carbocycles. The van der Waals surface area contributed by atoms with E-state index < -0.39 is 0 Å². The molecule has 144 valence electrons. The highest BCUT2D eigenvalue weighted by molar-refractivity contribution is 5.89. The minimum absolute atomic E-state index is 0.100. The lowest BCUT2D eigenvalue weighted by Gasteiger charge is -2.23. The molecule has 2 aromatic rings. The molecule has 1 aliphatic heterocycles. The van der Waals surface area contributed by atoms with Crippen LogP contribution in [0.2, 0.25) is 0 Å². The predicted molar refractivity (Wildman–Crippen MR) is 107 cm³/mol. The Kier molecular flexibility index (Phi) is 7.11. The van der Waals surface area contributed by atoms with Crippen LogP contribution in [0.5, 0.6) is 5.75 Å². The van der Waals surface area contributed by atoms with E-state index in [1.54, 1.807) is 0 Å². The van der Waals surface area contributed by atoms with E-state index in [-0.39, 0.29) is 12.1 Å². The first-order valence-electron chi connectivity index (χ1n) is 9.69. The molecule has 1 heterocycles. The number of nitrogens with one attached hydrogen (secondary N) is 1. The van der Waals surface area contributed by atoms with E-state index in [0.29, 0.717) is 19.7 Å². The second-order valence-electron chi connectivity index (χ2n) is 6.81. The Hall–Kier alpha value is -2.53. The Labute approximate surface area is 161 Å². The Bertz CT molecular complexity index is 715. The maximum Gasteiger partial charge on any atom is 0.322 e. The van der Waals surface area contributed by atoms with E-state index in [9.17, 15) is 4.79 Å². The summed E-state index contributed by atoms with van der Waals surface area (Å²) < 4.78 is 11.4. The molecule has 2 aromatic carbocycles. The molecular formula is C22H28N2O3. The number of hydrogen-bond acceptors (Lipinski definition) is 3. The number of benzene rings is 2. The van der Waals surface area contributed by atoms with Crippen molar-refractivity contribution in [3.8, 4) is 5.75 Å². The molecule has 1 atom stereocenters. The van der Waals surface area contributed by atoms with Gasteiger partial charge in [0, 0.05) is 31.5 Å². The van der Waals surface area contributed by atoms with Crippen LogP contribution in [0.4, 0.5) is 10.5 Å². The van der Waals surface area contributed by atoms with Gasteiger partial charge in [-0.05, 0) is 37.0 Å². The number of nitrogens with zero attached hydrogens (tertiary/aromatic N) is 1. The van der Waals surface area contributed by atoms with Gasteiger partial charge in [0.15, 0.2) is 0 Å². The Morgan fingerprint density at radius 2 is 2.07 bits per heavy atom. The maximum atomic E-state index is 12.7.